The molecule has 1 saturated carbocycles. The summed E-state index contributed by atoms with van der Waals surface area (Å²) in [7, 11) is 0. The second-order valence-corrected chi connectivity index (χ2v) is 3.40. The van der Waals surface area contributed by atoms with Gasteiger partial charge in [-0.05, 0) is 37.4 Å². The Bertz CT molecular complexity index is 249. The molecule has 0 aliphatic heterocycles. The third-order valence-corrected chi connectivity index (χ3v) is 2.28. The lowest BCUT2D eigenvalue weighted by molar-refractivity contribution is 0.938. The Morgan fingerprint density at radius 1 is 1.42 bits per heavy atom. The molecule has 0 unspecified atom stereocenters. The molecule has 2 rings (SSSR count). The summed E-state index contributed by atoms with van der Waals surface area (Å²) in [6.45, 7) is 0.713. The standard InChI is InChI=1S/C10H14N2/c11-6-5-8-1-4-10(12-7-8)9-2-3-9/h1,4,7,9H,2-3,5-6,11H2. The molecule has 0 bridgehead atoms. The minimum atomic E-state index is 0.713. The number of pyridine rings is 1. The second kappa shape index (κ2) is 3.23. The summed E-state index contributed by atoms with van der Waals surface area (Å²) >= 11 is 0. The fraction of sp³-hybridized carbons (Fsp3) is 0.500. The Balaban J connectivity index is 2.08. The first-order valence-corrected chi connectivity index (χ1v) is 4.55. The van der Waals surface area contributed by atoms with E-state index < -0.39 is 0 Å². The lowest BCUT2D eigenvalue weighted by Gasteiger charge is -1.99. The molecule has 2 heteroatoms. The van der Waals surface area contributed by atoms with Gasteiger partial charge in [0.05, 0.1) is 0 Å². The summed E-state index contributed by atoms with van der Waals surface area (Å²) in [6, 6.07) is 4.29. The van der Waals surface area contributed by atoms with Crippen LogP contribution in [0, 0.1) is 0 Å². The van der Waals surface area contributed by atoms with Crippen LogP contribution in [0.3, 0.4) is 0 Å². The highest BCUT2D eigenvalue weighted by molar-refractivity contribution is 5.19. The van der Waals surface area contributed by atoms with Gasteiger partial charge >= 0.3 is 0 Å². The average Bonchev–Trinajstić information content (AvgIpc) is 2.89. The first-order valence-electron chi connectivity index (χ1n) is 4.55. The zero-order chi connectivity index (χ0) is 8.39. The van der Waals surface area contributed by atoms with Crippen molar-refractivity contribution in [3.8, 4) is 0 Å². The third-order valence-electron chi connectivity index (χ3n) is 2.28. The number of nitrogens with two attached hydrogens (primary N) is 1. The zero-order valence-corrected chi connectivity index (χ0v) is 7.16. The minimum absolute atomic E-state index is 0.713. The molecular weight excluding hydrogens is 148 g/mol. The van der Waals surface area contributed by atoms with Crippen molar-refractivity contribution in [2.75, 3.05) is 6.54 Å². The van der Waals surface area contributed by atoms with E-state index in [4.69, 9.17) is 5.73 Å². The van der Waals surface area contributed by atoms with Crippen molar-refractivity contribution in [1.29, 1.82) is 0 Å². The van der Waals surface area contributed by atoms with E-state index in [-0.39, 0.29) is 0 Å². The number of rotatable bonds is 3. The van der Waals surface area contributed by atoms with Crippen molar-refractivity contribution in [3.63, 3.8) is 0 Å². The smallest absolute Gasteiger partial charge is 0.0434 e. The van der Waals surface area contributed by atoms with Crippen molar-refractivity contribution in [2.45, 2.75) is 25.2 Å². The van der Waals surface area contributed by atoms with Gasteiger partial charge in [-0.3, -0.25) is 4.98 Å². The highest BCUT2D eigenvalue weighted by Crippen LogP contribution is 2.38. The third kappa shape index (κ3) is 1.64. The van der Waals surface area contributed by atoms with E-state index >= 15 is 0 Å². The normalized spacial score (nSPS) is 16.4. The van der Waals surface area contributed by atoms with Crippen molar-refractivity contribution in [1.82, 2.24) is 4.98 Å². The van der Waals surface area contributed by atoms with Crippen LogP contribution in [0.15, 0.2) is 18.3 Å². The first kappa shape index (κ1) is 7.74. The molecule has 12 heavy (non-hydrogen) atoms. The van der Waals surface area contributed by atoms with Gasteiger partial charge in [0.25, 0.3) is 0 Å². The van der Waals surface area contributed by atoms with Gasteiger partial charge in [0.2, 0.25) is 0 Å². The number of nitrogens with zero attached hydrogens (tertiary/aromatic N) is 1. The van der Waals surface area contributed by atoms with Crippen LogP contribution in [0.4, 0.5) is 0 Å². The van der Waals surface area contributed by atoms with E-state index in [1.165, 1.54) is 24.1 Å². The maximum absolute atomic E-state index is 5.44. The molecule has 0 aromatic carbocycles. The summed E-state index contributed by atoms with van der Waals surface area (Å²) in [6.07, 6.45) is 5.55. The van der Waals surface area contributed by atoms with Crippen LogP contribution in [0.1, 0.15) is 30.0 Å². The van der Waals surface area contributed by atoms with Gasteiger partial charge in [0.1, 0.15) is 0 Å². The zero-order valence-electron chi connectivity index (χ0n) is 7.16. The van der Waals surface area contributed by atoms with Crippen LogP contribution in [-0.4, -0.2) is 11.5 Å². The fourth-order valence-electron chi connectivity index (χ4n) is 1.37. The SMILES string of the molecule is NCCc1ccc(C2CC2)nc1. The Kier molecular flexibility index (Phi) is 2.09. The van der Waals surface area contributed by atoms with Gasteiger partial charge in [0, 0.05) is 17.8 Å². The van der Waals surface area contributed by atoms with Crippen LogP contribution >= 0.6 is 0 Å². The Hall–Kier alpha value is -0.890. The molecule has 0 amide bonds. The number of hydrogen-bond donors (Lipinski definition) is 1. The van der Waals surface area contributed by atoms with Crippen LogP contribution in [0.25, 0.3) is 0 Å². The first-order chi connectivity index (χ1) is 5.90. The topological polar surface area (TPSA) is 38.9 Å². The predicted octanol–water partition coefficient (Wildman–Crippen LogP) is 1.46. The van der Waals surface area contributed by atoms with Gasteiger partial charge < -0.3 is 5.73 Å². The van der Waals surface area contributed by atoms with Crippen LogP contribution in [0.2, 0.25) is 0 Å². The van der Waals surface area contributed by atoms with Gasteiger partial charge in [0.15, 0.2) is 0 Å². The summed E-state index contributed by atoms with van der Waals surface area (Å²) in [5.74, 6) is 0.761. The van der Waals surface area contributed by atoms with E-state index in [2.05, 4.69) is 17.1 Å². The monoisotopic (exact) mass is 162 g/mol. The second-order valence-electron chi connectivity index (χ2n) is 3.40. The summed E-state index contributed by atoms with van der Waals surface area (Å²) in [5, 5.41) is 0. The molecule has 0 saturated heterocycles. The summed E-state index contributed by atoms with van der Waals surface area (Å²) < 4.78 is 0. The van der Waals surface area contributed by atoms with E-state index in [0.717, 1.165) is 12.3 Å². The minimum Gasteiger partial charge on any atom is -0.330 e. The van der Waals surface area contributed by atoms with Crippen LogP contribution in [-0.2, 0) is 6.42 Å². The van der Waals surface area contributed by atoms with Gasteiger partial charge in [-0.15, -0.1) is 0 Å². The molecular formula is C10H14N2. The molecule has 1 aliphatic rings. The van der Waals surface area contributed by atoms with Crippen molar-refractivity contribution in [2.24, 2.45) is 5.73 Å². The highest BCUT2D eigenvalue weighted by Gasteiger charge is 2.24. The molecule has 0 atom stereocenters. The van der Waals surface area contributed by atoms with Gasteiger partial charge in [-0.1, -0.05) is 6.07 Å². The fourth-order valence-corrected chi connectivity index (χ4v) is 1.37. The van der Waals surface area contributed by atoms with Gasteiger partial charge in [-0.25, -0.2) is 0 Å². The average molecular weight is 162 g/mol. The van der Waals surface area contributed by atoms with Crippen molar-refractivity contribution >= 4 is 0 Å². The van der Waals surface area contributed by atoms with Gasteiger partial charge in [-0.2, -0.15) is 0 Å². The van der Waals surface area contributed by atoms with Crippen LogP contribution in [0.5, 0.6) is 0 Å². The molecule has 2 nitrogen and oxygen atoms in total. The lowest BCUT2D eigenvalue weighted by Crippen LogP contribution is -2.03. The highest BCUT2D eigenvalue weighted by atomic mass is 14.7. The van der Waals surface area contributed by atoms with E-state index in [9.17, 15) is 0 Å². The van der Waals surface area contributed by atoms with Crippen LogP contribution < -0.4 is 5.73 Å². The Labute approximate surface area is 72.8 Å². The largest absolute Gasteiger partial charge is 0.330 e. The maximum Gasteiger partial charge on any atom is 0.0434 e. The summed E-state index contributed by atoms with van der Waals surface area (Å²) in [5.41, 5.74) is 7.95. The summed E-state index contributed by atoms with van der Waals surface area (Å²) in [4.78, 5) is 4.40. The van der Waals surface area contributed by atoms with Crippen molar-refractivity contribution in [3.05, 3.63) is 29.6 Å². The van der Waals surface area contributed by atoms with E-state index in [0.29, 0.717) is 6.54 Å². The van der Waals surface area contributed by atoms with E-state index in [1.807, 2.05) is 6.20 Å². The molecule has 64 valence electrons. The lowest BCUT2D eigenvalue weighted by atomic mass is 10.2. The number of aromatic nitrogens is 1. The molecule has 0 spiro atoms. The quantitative estimate of drug-likeness (QED) is 0.730. The molecule has 0 radical (unpaired) electrons. The van der Waals surface area contributed by atoms with Crippen molar-refractivity contribution < 1.29 is 0 Å². The molecule has 1 aromatic heterocycles. The Morgan fingerprint density at radius 2 is 2.25 bits per heavy atom. The van der Waals surface area contributed by atoms with E-state index in [1.54, 1.807) is 0 Å². The maximum atomic E-state index is 5.44. The molecule has 1 aromatic rings. The Morgan fingerprint density at radius 3 is 2.75 bits per heavy atom. The predicted molar refractivity (Wildman–Crippen MR) is 49.0 cm³/mol. The molecule has 2 N–H and O–H groups in total. The molecule has 1 aliphatic carbocycles. The molecule has 1 heterocycles. The number of hydrogen-bond acceptors (Lipinski definition) is 2. The molecule has 1 fully saturated rings.